The molecule has 0 radical (unpaired) electrons. The van der Waals surface area contributed by atoms with Gasteiger partial charge in [-0.05, 0) is 47.6 Å². The van der Waals surface area contributed by atoms with Gasteiger partial charge in [-0.2, -0.15) is 0 Å². The van der Waals surface area contributed by atoms with Crippen LogP contribution >= 0.6 is 0 Å². The van der Waals surface area contributed by atoms with Crippen molar-refractivity contribution in [1.82, 2.24) is 0 Å². The van der Waals surface area contributed by atoms with E-state index in [0.717, 1.165) is 11.1 Å². The Morgan fingerprint density at radius 1 is 0.906 bits per heavy atom. The first-order chi connectivity index (χ1) is 15.6. The van der Waals surface area contributed by atoms with Crippen LogP contribution in [-0.4, -0.2) is 30.6 Å². The summed E-state index contributed by atoms with van der Waals surface area (Å²) < 4.78 is 11.1. The van der Waals surface area contributed by atoms with Crippen molar-refractivity contribution in [2.75, 3.05) is 13.7 Å². The highest BCUT2D eigenvalue weighted by atomic mass is 16.5. The van der Waals surface area contributed by atoms with Gasteiger partial charge in [0.1, 0.15) is 18.1 Å². The van der Waals surface area contributed by atoms with Gasteiger partial charge in [-0.1, -0.05) is 60.7 Å². The highest BCUT2D eigenvalue weighted by Gasteiger charge is 2.12. The summed E-state index contributed by atoms with van der Waals surface area (Å²) in [5.41, 5.74) is 2.69. The summed E-state index contributed by atoms with van der Waals surface area (Å²) in [6, 6.07) is 22.2. The van der Waals surface area contributed by atoms with Crippen LogP contribution in [0.15, 0.2) is 84.9 Å². The first kappa shape index (κ1) is 22.6. The number of rotatable bonds is 10. The number of benzene rings is 3. The summed E-state index contributed by atoms with van der Waals surface area (Å²) >= 11 is 0. The molecular weight excluding hydrogens is 404 g/mol. The molecule has 3 aromatic carbocycles. The van der Waals surface area contributed by atoms with Crippen LogP contribution in [-0.2, 0) is 11.2 Å². The van der Waals surface area contributed by atoms with Crippen LogP contribution in [0.25, 0.3) is 12.2 Å². The first-order valence-electron chi connectivity index (χ1n) is 10.1. The molecule has 0 aliphatic carbocycles. The summed E-state index contributed by atoms with van der Waals surface area (Å²) in [4.78, 5) is 23.8. The van der Waals surface area contributed by atoms with Gasteiger partial charge in [-0.25, -0.2) is 0 Å². The molecule has 0 amide bonds. The number of hydrogen-bond donors (Lipinski definition) is 1. The number of carboxylic acid groups (broad SMARTS) is 1. The lowest BCUT2D eigenvalue weighted by molar-refractivity contribution is -0.136. The second kappa shape index (κ2) is 11.3. The van der Waals surface area contributed by atoms with Crippen LogP contribution in [0.3, 0.4) is 0 Å². The van der Waals surface area contributed by atoms with Gasteiger partial charge in [0.15, 0.2) is 5.78 Å². The van der Waals surface area contributed by atoms with Crippen molar-refractivity contribution in [1.29, 1.82) is 0 Å². The minimum absolute atomic E-state index is 0.166. The van der Waals surface area contributed by atoms with E-state index in [1.165, 1.54) is 13.2 Å². The Balaban J connectivity index is 1.72. The maximum absolute atomic E-state index is 12.8. The summed E-state index contributed by atoms with van der Waals surface area (Å²) in [5.74, 6) is -0.199. The third kappa shape index (κ3) is 6.44. The third-order valence-electron chi connectivity index (χ3n) is 4.66. The summed E-state index contributed by atoms with van der Waals surface area (Å²) in [6.45, 7) is 0.388. The van der Waals surface area contributed by atoms with Crippen LogP contribution in [0.4, 0.5) is 0 Å². The SMILES string of the molecule is COc1ccc(CC(=O)O)cc1C(=O)C=Cc1ccccc1OCC=Cc1ccccc1. The van der Waals surface area contributed by atoms with E-state index >= 15 is 0 Å². The third-order valence-corrected chi connectivity index (χ3v) is 4.66. The molecular formula is C27H24O5. The van der Waals surface area contributed by atoms with Crippen LogP contribution in [0.5, 0.6) is 11.5 Å². The van der Waals surface area contributed by atoms with E-state index in [4.69, 9.17) is 14.6 Å². The van der Waals surface area contributed by atoms with Gasteiger partial charge in [0, 0.05) is 5.56 Å². The van der Waals surface area contributed by atoms with E-state index in [-0.39, 0.29) is 12.2 Å². The maximum Gasteiger partial charge on any atom is 0.307 e. The van der Waals surface area contributed by atoms with Crippen molar-refractivity contribution in [3.63, 3.8) is 0 Å². The largest absolute Gasteiger partial charge is 0.496 e. The number of aliphatic carboxylic acids is 1. The quantitative estimate of drug-likeness (QED) is 0.350. The minimum atomic E-state index is -0.962. The van der Waals surface area contributed by atoms with E-state index in [1.807, 2.05) is 66.7 Å². The molecule has 0 heterocycles. The topological polar surface area (TPSA) is 72.8 Å². The van der Waals surface area contributed by atoms with Gasteiger partial charge in [0.25, 0.3) is 0 Å². The Morgan fingerprint density at radius 2 is 1.66 bits per heavy atom. The van der Waals surface area contributed by atoms with Crippen molar-refractivity contribution in [3.05, 3.63) is 107 Å². The van der Waals surface area contributed by atoms with Gasteiger partial charge in [-0.3, -0.25) is 9.59 Å². The molecule has 0 aliphatic heterocycles. The molecule has 5 nitrogen and oxygen atoms in total. The van der Waals surface area contributed by atoms with Crippen molar-refractivity contribution in [2.45, 2.75) is 6.42 Å². The Labute approximate surface area is 187 Å². The molecule has 3 rings (SSSR count). The van der Waals surface area contributed by atoms with Crippen molar-refractivity contribution < 1.29 is 24.2 Å². The standard InChI is InChI=1S/C27H24O5/c1-31-26-16-13-21(19-27(29)30)18-23(26)24(28)15-14-22-11-5-6-12-25(22)32-17-7-10-20-8-3-2-4-9-20/h2-16,18H,17,19H2,1H3,(H,29,30). The molecule has 162 valence electrons. The van der Waals surface area contributed by atoms with E-state index in [9.17, 15) is 9.59 Å². The number of carbonyl (C=O) groups is 2. The van der Waals surface area contributed by atoms with Crippen LogP contribution < -0.4 is 9.47 Å². The number of carboxylic acids is 1. The molecule has 0 saturated carbocycles. The van der Waals surface area contributed by atoms with Gasteiger partial charge in [-0.15, -0.1) is 0 Å². The molecule has 1 N–H and O–H groups in total. The molecule has 0 atom stereocenters. The normalized spacial score (nSPS) is 11.0. The second-order valence-corrected chi connectivity index (χ2v) is 6.96. The summed E-state index contributed by atoms with van der Waals surface area (Å²) in [5, 5.41) is 9.01. The Morgan fingerprint density at radius 3 is 2.41 bits per heavy atom. The number of ketones is 1. The first-order valence-corrected chi connectivity index (χ1v) is 10.1. The van der Waals surface area contributed by atoms with Crippen LogP contribution in [0.1, 0.15) is 27.0 Å². The molecule has 32 heavy (non-hydrogen) atoms. The summed E-state index contributed by atoms with van der Waals surface area (Å²) in [6.07, 6.45) is 6.87. The predicted octanol–water partition coefficient (Wildman–Crippen LogP) is 5.31. The van der Waals surface area contributed by atoms with Crippen molar-refractivity contribution >= 4 is 23.9 Å². The fourth-order valence-electron chi connectivity index (χ4n) is 3.12. The van der Waals surface area contributed by atoms with Crippen molar-refractivity contribution in [3.8, 4) is 11.5 Å². The monoisotopic (exact) mass is 428 g/mol. The molecule has 3 aromatic rings. The van der Waals surface area contributed by atoms with E-state index in [2.05, 4.69) is 0 Å². The summed E-state index contributed by atoms with van der Waals surface area (Å²) in [7, 11) is 1.47. The zero-order chi connectivity index (χ0) is 22.8. The Bertz CT molecular complexity index is 1130. The average Bonchev–Trinajstić information content (AvgIpc) is 2.81. The van der Waals surface area contributed by atoms with Crippen LogP contribution in [0, 0.1) is 0 Å². The molecule has 0 bridgehead atoms. The zero-order valence-corrected chi connectivity index (χ0v) is 17.7. The minimum Gasteiger partial charge on any atom is -0.496 e. The maximum atomic E-state index is 12.8. The smallest absolute Gasteiger partial charge is 0.307 e. The van der Waals surface area contributed by atoms with E-state index in [0.29, 0.717) is 29.2 Å². The second-order valence-electron chi connectivity index (χ2n) is 6.96. The predicted molar refractivity (Wildman–Crippen MR) is 125 cm³/mol. The van der Waals surface area contributed by atoms with Gasteiger partial charge in [0.05, 0.1) is 19.1 Å². The Hall–Kier alpha value is -4.12. The molecule has 0 spiro atoms. The highest BCUT2D eigenvalue weighted by molar-refractivity contribution is 6.09. The number of allylic oxidation sites excluding steroid dienone is 1. The molecule has 0 aromatic heterocycles. The van der Waals surface area contributed by atoms with Crippen molar-refractivity contribution in [2.24, 2.45) is 0 Å². The molecule has 0 aliphatic rings. The number of hydrogen-bond acceptors (Lipinski definition) is 4. The number of methoxy groups -OCH3 is 1. The number of para-hydroxylation sites is 1. The average molecular weight is 428 g/mol. The number of carbonyl (C=O) groups excluding carboxylic acids is 1. The highest BCUT2D eigenvalue weighted by Crippen LogP contribution is 2.23. The zero-order valence-electron chi connectivity index (χ0n) is 17.7. The van der Waals surface area contributed by atoms with Gasteiger partial charge < -0.3 is 14.6 Å². The number of ether oxygens (including phenoxy) is 2. The van der Waals surface area contributed by atoms with Gasteiger partial charge >= 0.3 is 5.97 Å². The lowest BCUT2D eigenvalue weighted by atomic mass is 10.0. The fourth-order valence-corrected chi connectivity index (χ4v) is 3.12. The fraction of sp³-hybridized carbons (Fsp3) is 0.111. The van der Waals surface area contributed by atoms with E-state index in [1.54, 1.807) is 24.3 Å². The van der Waals surface area contributed by atoms with E-state index < -0.39 is 5.97 Å². The molecule has 0 fully saturated rings. The molecule has 0 unspecified atom stereocenters. The molecule has 5 heteroatoms. The Kier molecular flexibility index (Phi) is 7.98. The lowest BCUT2D eigenvalue weighted by Gasteiger charge is -2.09. The molecule has 0 saturated heterocycles. The van der Waals surface area contributed by atoms with Crippen LogP contribution in [0.2, 0.25) is 0 Å². The van der Waals surface area contributed by atoms with Gasteiger partial charge in [0.2, 0.25) is 0 Å². The lowest BCUT2D eigenvalue weighted by Crippen LogP contribution is -2.04.